The van der Waals surface area contributed by atoms with Crippen molar-refractivity contribution in [3.63, 3.8) is 0 Å². The summed E-state index contributed by atoms with van der Waals surface area (Å²) in [5.41, 5.74) is 0.125. The lowest BCUT2D eigenvalue weighted by Gasteiger charge is -2.34. The van der Waals surface area contributed by atoms with Gasteiger partial charge in [-0.1, -0.05) is 18.2 Å². The van der Waals surface area contributed by atoms with E-state index in [2.05, 4.69) is 5.32 Å². The summed E-state index contributed by atoms with van der Waals surface area (Å²) in [6.07, 6.45) is 0.583. The van der Waals surface area contributed by atoms with Crippen LogP contribution in [0.25, 0.3) is 0 Å². The number of rotatable bonds is 3. The number of amides is 1. The SMILES string of the molecule is Cc1ccccc1C(=O)NC1(C(=O)O)CCOCC1. The van der Waals surface area contributed by atoms with Gasteiger partial charge < -0.3 is 15.2 Å². The number of ether oxygens (including phenoxy) is 1. The Morgan fingerprint density at radius 3 is 2.47 bits per heavy atom. The Morgan fingerprint density at radius 1 is 1.26 bits per heavy atom. The zero-order chi connectivity index (χ0) is 13.9. The molecule has 1 fully saturated rings. The van der Waals surface area contributed by atoms with Crippen LogP contribution in [0.2, 0.25) is 0 Å². The van der Waals surface area contributed by atoms with Crippen LogP contribution in [0.15, 0.2) is 24.3 Å². The van der Waals surface area contributed by atoms with Crippen LogP contribution < -0.4 is 5.32 Å². The minimum Gasteiger partial charge on any atom is -0.480 e. The van der Waals surface area contributed by atoms with Crippen LogP contribution in [0.1, 0.15) is 28.8 Å². The molecule has 5 heteroatoms. The van der Waals surface area contributed by atoms with Gasteiger partial charge in [-0.2, -0.15) is 0 Å². The molecule has 2 N–H and O–H groups in total. The standard InChI is InChI=1S/C14H17NO4/c1-10-4-2-3-5-11(10)12(16)15-14(13(17)18)6-8-19-9-7-14/h2-5H,6-9H2,1H3,(H,15,16)(H,17,18). The molecular weight excluding hydrogens is 246 g/mol. The van der Waals surface area contributed by atoms with Crippen molar-refractivity contribution in [3.05, 3.63) is 35.4 Å². The first kappa shape index (κ1) is 13.5. The van der Waals surface area contributed by atoms with Crippen LogP contribution in [-0.4, -0.2) is 35.7 Å². The molecule has 0 aliphatic carbocycles. The summed E-state index contributed by atoms with van der Waals surface area (Å²) in [5, 5.41) is 12.1. The summed E-state index contributed by atoms with van der Waals surface area (Å²) >= 11 is 0. The number of carbonyl (C=O) groups excluding carboxylic acids is 1. The third-order valence-electron chi connectivity index (χ3n) is 3.50. The summed E-state index contributed by atoms with van der Waals surface area (Å²) in [5.74, 6) is -1.35. The highest BCUT2D eigenvalue weighted by Gasteiger charge is 2.41. The number of aryl methyl sites for hydroxylation is 1. The molecule has 0 aromatic heterocycles. The van der Waals surface area contributed by atoms with E-state index in [1.54, 1.807) is 12.1 Å². The monoisotopic (exact) mass is 263 g/mol. The van der Waals surface area contributed by atoms with E-state index >= 15 is 0 Å². The van der Waals surface area contributed by atoms with E-state index in [-0.39, 0.29) is 5.91 Å². The largest absolute Gasteiger partial charge is 0.480 e. The van der Waals surface area contributed by atoms with Crippen molar-refractivity contribution in [3.8, 4) is 0 Å². The second-order valence-electron chi connectivity index (χ2n) is 4.77. The van der Waals surface area contributed by atoms with Gasteiger partial charge in [0.2, 0.25) is 0 Å². The Labute approximate surface area is 111 Å². The van der Waals surface area contributed by atoms with Crippen molar-refractivity contribution >= 4 is 11.9 Å². The lowest BCUT2D eigenvalue weighted by Crippen LogP contribution is -2.57. The number of carboxylic acids is 1. The van der Waals surface area contributed by atoms with Gasteiger partial charge in [0.05, 0.1) is 0 Å². The molecule has 5 nitrogen and oxygen atoms in total. The zero-order valence-electron chi connectivity index (χ0n) is 10.8. The summed E-state index contributed by atoms with van der Waals surface area (Å²) in [6.45, 7) is 2.52. The smallest absolute Gasteiger partial charge is 0.329 e. The lowest BCUT2D eigenvalue weighted by atomic mass is 9.89. The van der Waals surface area contributed by atoms with Gasteiger partial charge in [0.1, 0.15) is 5.54 Å². The van der Waals surface area contributed by atoms with Crippen molar-refractivity contribution in [2.75, 3.05) is 13.2 Å². The minimum absolute atomic E-state index is 0.292. The molecule has 1 aliphatic heterocycles. The molecule has 19 heavy (non-hydrogen) atoms. The molecule has 102 valence electrons. The van der Waals surface area contributed by atoms with Gasteiger partial charge >= 0.3 is 5.97 Å². The highest BCUT2D eigenvalue weighted by atomic mass is 16.5. The van der Waals surface area contributed by atoms with Gasteiger partial charge in [-0.05, 0) is 18.6 Å². The van der Waals surface area contributed by atoms with E-state index in [0.29, 0.717) is 31.6 Å². The zero-order valence-corrected chi connectivity index (χ0v) is 10.8. The summed E-state index contributed by atoms with van der Waals surface area (Å²) in [7, 11) is 0. The van der Waals surface area contributed by atoms with Gasteiger partial charge in [-0.3, -0.25) is 4.79 Å². The van der Waals surface area contributed by atoms with E-state index < -0.39 is 11.5 Å². The second kappa shape index (κ2) is 5.40. The van der Waals surface area contributed by atoms with Crippen LogP contribution >= 0.6 is 0 Å². The summed E-state index contributed by atoms with van der Waals surface area (Å²) < 4.78 is 5.17. The van der Waals surface area contributed by atoms with Crippen molar-refractivity contribution < 1.29 is 19.4 Å². The predicted molar refractivity (Wildman–Crippen MR) is 69.1 cm³/mol. The molecule has 0 atom stereocenters. The first-order chi connectivity index (χ1) is 9.05. The van der Waals surface area contributed by atoms with E-state index in [4.69, 9.17) is 4.74 Å². The fourth-order valence-electron chi connectivity index (χ4n) is 2.22. The molecule has 1 heterocycles. The maximum atomic E-state index is 12.2. The van der Waals surface area contributed by atoms with Gasteiger partial charge in [0, 0.05) is 31.6 Å². The quantitative estimate of drug-likeness (QED) is 0.863. The number of aliphatic carboxylic acids is 1. The van der Waals surface area contributed by atoms with Crippen LogP contribution in [0.3, 0.4) is 0 Å². The summed E-state index contributed by atoms with van der Waals surface area (Å²) in [4.78, 5) is 23.7. The molecular formula is C14H17NO4. The number of nitrogens with one attached hydrogen (secondary N) is 1. The fourth-order valence-corrected chi connectivity index (χ4v) is 2.22. The van der Waals surface area contributed by atoms with Crippen LogP contribution in [-0.2, 0) is 9.53 Å². The number of hydrogen-bond acceptors (Lipinski definition) is 3. The average molecular weight is 263 g/mol. The third kappa shape index (κ3) is 2.76. The number of carboxylic acid groups (broad SMARTS) is 1. The minimum atomic E-state index is -1.21. The maximum Gasteiger partial charge on any atom is 0.329 e. The first-order valence-electron chi connectivity index (χ1n) is 6.24. The molecule has 1 amide bonds. The van der Waals surface area contributed by atoms with Gasteiger partial charge in [0.15, 0.2) is 0 Å². The second-order valence-corrected chi connectivity index (χ2v) is 4.77. The maximum absolute atomic E-state index is 12.2. The van der Waals surface area contributed by atoms with Crippen molar-refractivity contribution in [1.82, 2.24) is 5.32 Å². The Morgan fingerprint density at radius 2 is 1.89 bits per heavy atom. The summed E-state index contributed by atoms with van der Waals surface area (Å²) in [6, 6.07) is 7.12. The topological polar surface area (TPSA) is 75.6 Å². The number of carbonyl (C=O) groups is 2. The highest BCUT2D eigenvalue weighted by Crippen LogP contribution is 2.22. The number of benzene rings is 1. The van der Waals surface area contributed by atoms with Gasteiger partial charge in [-0.15, -0.1) is 0 Å². The number of hydrogen-bond donors (Lipinski definition) is 2. The van der Waals surface area contributed by atoms with Crippen molar-refractivity contribution in [2.24, 2.45) is 0 Å². The van der Waals surface area contributed by atoms with Crippen molar-refractivity contribution in [1.29, 1.82) is 0 Å². The van der Waals surface area contributed by atoms with E-state index in [0.717, 1.165) is 5.56 Å². The Balaban J connectivity index is 2.20. The molecule has 0 bridgehead atoms. The van der Waals surface area contributed by atoms with Crippen LogP contribution in [0, 0.1) is 6.92 Å². The van der Waals surface area contributed by atoms with Gasteiger partial charge in [-0.25, -0.2) is 4.79 Å². The molecule has 1 aliphatic rings. The third-order valence-corrected chi connectivity index (χ3v) is 3.50. The van der Waals surface area contributed by atoms with E-state index in [1.807, 2.05) is 19.1 Å². The van der Waals surface area contributed by atoms with Gasteiger partial charge in [0.25, 0.3) is 5.91 Å². The molecule has 0 unspecified atom stereocenters. The molecule has 0 radical (unpaired) electrons. The molecule has 0 spiro atoms. The molecule has 1 aromatic rings. The average Bonchev–Trinajstić information content (AvgIpc) is 2.40. The predicted octanol–water partition coefficient (Wildman–Crippen LogP) is 1.36. The highest BCUT2D eigenvalue weighted by molar-refractivity contribution is 5.99. The van der Waals surface area contributed by atoms with E-state index in [9.17, 15) is 14.7 Å². The lowest BCUT2D eigenvalue weighted by molar-refractivity contribution is -0.148. The van der Waals surface area contributed by atoms with Crippen LogP contribution in [0.5, 0.6) is 0 Å². The molecule has 1 aromatic carbocycles. The molecule has 0 saturated carbocycles. The van der Waals surface area contributed by atoms with Crippen LogP contribution in [0.4, 0.5) is 0 Å². The molecule has 1 saturated heterocycles. The first-order valence-corrected chi connectivity index (χ1v) is 6.24. The molecule has 2 rings (SSSR count). The fraction of sp³-hybridized carbons (Fsp3) is 0.429. The Bertz CT molecular complexity index is 492. The Hall–Kier alpha value is -1.88. The Kier molecular flexibility index (Phi) is 3.85. The van der Waals surface area contributed by atoms with E-state index in [1.165, 1.54) is 0 Å². The normalized spacial score (nSPS) is 17.7. The van der Waals surface area contributed by atoms with Crippen molar-refractivity contribution in [2.45, 2.75) is 25.3 Å².